The lowest BCUT2D eigenvalue weighted by Gasteiger charge is -2.33. The lowest BCUT2D eigenvalue weighted by molar-refractivity contribution is -0.0323. The van der Waals surface area contributed by atoms with Crippen molar-refractivity contribution in [3.05, 3.63) is 70.9 Å². The molecule has 1 fully saturated rings. The van der Waals surface area contributed by atoms with E-state index in [0.29, 0.717) is 11.5 Å². The van der Waals surface area contributed by atoms with E-state index in [-0.39, 0.29) is 12.0 Å². The predicted octanol–water partition coefficient (Wildman–Crippen LogP) is 3.78. The molecule has 1 amide bonds. The monoisotopic (exact) mass is 418 g/mol. The molecule has 152 valence electrons. The Labute approximate surface area is 178 Å². The first-order valence-electron chi connectivity index (χ1n) is 10.00. The average molecular weight is 419 g/mol. The number of carbonyl (C=O) groups excluding carboxylic acids is 1. The molecule has 1 aromatic carbocycles. The van der Waals surface area contributed by atoms with Gasteiger partial charge in [-0.3, -0.25) is 14.7 Å². The summed E-state index contributed by atoms with van der Waals surface area (Å²) in [6.07, 6.45) is 3.42. The number of hydrogen-bond acceptors (Lipinski definition) is 6. The van der Waals surface area contributed by atoms with Crippen molar-refractivity contribution >= 4 is 38.4 Å². The van der Waals surface area contributed by atoms with Crippen molar-refractivity contribution in [1.82, 2.24) is 20.2 Å². The second-order valence-electron chi connectivity index (χ2n) is 7.41. The van der Waals surface area contributed by atoms with Gasteiger partial charge < -0.3 is 10.1 Å². The Kier molecular flexibility index (Phi) is 5.16. The Hall–Kier alpha value is -2.87. The van der Waals surface area contributed by atoms with Gasteiger partial charge in [0, 0.05) is 55.4 Å². The van der Waals surface area contributed by atoms with Gasteiger partial charge in [0.1, 0.15) is 9.71 Å². The Morgan fingerprint density at radius 3 is 3.00 bits per heavy atom. The molecule has 1 atom stereocenters. The first kappa shape index (κ1) is 19.1. The van der Waals surface area contributed by atoms with Crippen LogP contribution in [0.3, 0.4) is 0 Å². The number of nitrogens with zero attached hydrogens (tertiary/aromatic N) is 3. The summed E-state index contributed by atoms with van der Waals surface area (Å²) in [7, 11) is 1.66. The largest absolute Gasteiger partial charge is 0.371 e. The van der Waals surface area contributed by atoms with Crippen molar-refractivity contribution < 1.29 is 9.53 Å². The number of rotatable bonds is 4. The van der Waals surface area contributed by atoms with Crippen LogP contribution >= 0.6 is 11.3 Å². The van der Waals surface area contributed by atoms with E-state index in [1.165, 1.54) is 16.9 Å². The number of ether oxygens (including phenoxy) is 1. The van der Waals surface area contributed by atoms with Crippen LogP contribution in [0.5, 0.6) is 0 Å². The van der Waals surface area contributed by atoms with Crippen LogP contribution < -0.4 is 5.32 Å². The van der Waals surface area contributed by atoms with E-state index in [0.717, 1.165) is 46.3 Å². The fourth-order valence-electron chi connectivity index (χ4n) is 4.06. The second kappa shape index (κ2) is 8.10. The SMILES string of the molecule is CNC(=O)c1sc2ncccc2c1[C@@H]1CN(Cc2ccc3ncccc3c2)CCO1. The molecular weight excluding hydrogens is 396 g/mol. The molecule has 1 N–H and O–H groups in total. The van der Waals surface area contributed by atoms with E-state index in [4.69, 9.17) is 4.74 Å². The minimum atomic E-state index is -0.161. The zero-order valence-corrected chi connectivity index (χ0v) is 17.5. The summed E-state index contributed by atoms with van der Waals surface area (Å²) < 4.78 is 6.15. The quantitative estimate of drug-likeness (QED) is 0.546. The summed E-state index contributed by atoms with van der Waals surface area (Å²) >= 11 is 1.43. The van der Waals surface area contributed by atoms with Gasteiger partial charge in [-0.25, -0.2) is 4.98 Å². The number of thiophene rings is 1. The highest BCUT2D eigenvalue weighted by molar-refractivity contribution is 7.20. The zero-order chi connectivity index (χ0) is 20.5. The third kappa shape index (κ3) is 3.56. The molecule has 0 bridgehead atoms. The third-order valence-corrected chi connectivity index (χ3v) is 6.61. The Morgan fingerprint density at radius 2 is 2.10 bits per heavy atom. The highest BCUT2D eigenvalue weighted by Crippen LogP contribution is 2.37. The van der Waals surface area contributed by atoms with Gasteiger partial charge in [0.2, 0.25) is 0 Å². The number of amides is 1. The first-order valence-corrected chi connectivity index (χ1v) is 10.8. The van der Waals surface area contributed by atoms with Crippen molar-refractivity contribution in [1.29, 1.82) is 0 Å². The van der Waals surface area contributed by atoms with Crippen LogP contribution in [0.1, 0.15) is 26.9 Å². The summed E-state index contributed by atoms with van der Waals surface area (Å²) in [5.41, 5.74) is 3.21. The van der Waals surface area contributed by atoms with Crippen LogP contribution in [-0.4, -0.2) is 47.5 Å². The number of nitrogens with one attached hydrogen (secondary N) is 1. The van der Waals surface area contributed by atoms with Crippen LogP contribution in [0.4, 0.5) is 0 Å². The van der Waals surface area contributed by atoms with Gasteiger partial charge in [-0.05, 0) is 29.8 Å². The minimum absolute atomic E-state index is 0.0873. The summed E-state index contributed by atoms with van der Waals surface area (Å²) in [5.74, 6) is -0.0873. The summed E-state index contributed by atoms with van der Waals surface area (Å²) in [6, 6.07) is 14.4. The van der Waals surface area contributed by atoms with Crippen LogP contribution in [0.15, 0.2) is 54.9 Å². The Balaban J connectivity index is 1.43. The number of morpholine rings is 1. The first-order chi connectivity index (χ1) is 14.7. The highest BCUT2D eigenvalue weighted by Gasteiger charge is 2.29. The number of benzene rings is 1. The van der Waals surface area contributed by atoms with Crippen LogP contribution in [-0.2, 0) is 11.3 Å². The summed E-state index contributed by atoms with van der Waals surface area (Å²) in [5, 5.41) is 4.91. The molecular formula is C23H22N4O2S. The van der Waals surface area contributed by atoms with Crippen molar-refractivity contribution in [2.75, 3.05) is 26.7 Å². The molecule has 7 heteroatoms. The maximum Gasteiger partial charge on any atom is 0.261 e. The molecule has 3 aromatic heterocycles. The van der Waals surface area contributed by atoms with Crippen LogP contribution in [0.2, 0.25) is 0 Å². The van der Waals surface area contributed by atoms with Gasteiger partial charge in [-0.15, -0.1) is 11.3 Å². The fraction of sp³-hybridized carbons (Fsp3) is 0.261. The molecule has 5 rings (SSSR count). The molecule has 1 saturated heterocycles. The summed E-state index contributed by atoms with van der Waals surface area (Å²) in [6.45, 7) is 3.05. The van der Waals surface area contributed by atoms with E-state index in [9.17, 15) is 4.79 Å². The van der Waals surface area contributed by atoms with E-state index in [1.807, 2.05) is 24.4 Å². The second-order valence-corrected chi connectivity index (χ2v) is 8.40. The zero-order valence-electron chi connectivity index (χ0n) is 16.7. The maximum absolute atomic E-state index is 12.5. The van der Waals surface area contributed by atoms with Crippen molar-refractivity contribution in [2.24, 2.45) is 0 Å². The topological polar surface area (TPSA) is 67.4 Å². The third-order valence-electron chi connectivity index (χ3n) is 5.48. The maximum atomic E-state index is 12.5. The lowest BCUT2D eigenvalue weighted by atomic mass is 10.0. The average Bonchev–Trinajstić information content (AvgIpc) is 3.18. The van der Waals surface area contributed by atoms with Crippen molar-refractivity contribution in [2.45, 2.75) is 12.6 Å². The van der Waals surface area contributed by atoms with E-state index >= 15 is 0 Å². The molecule has 0 spiro atoms. The van der Waals surface area contributed by atoms with Crippen LogP contribution in [0, 0.1) is 0 Å². The number of hydrogen-bond donors (Lipinski definition) is 1. The van der Waals surface area contributed by atoms with Crippen molar-refractivity contribution in [3.8, 4) is 0 Å². The predicted molar refractivity (Wildman–Crippen MR) is 119 cm³/mol. The van der Waals surface area contributed by atoms with Gasteiger partial charge in [-0.1, -0.05) is 18.2 Å². The number of fused-ring (bicyclic) bond motifs is 2. The summed E-state index contributed by atoms with van der Waals surface area (Å²) in [4.78, 5) is 25.3. The van der Waals surface area contributed by atoms with E-state index in [2.05, 4.69) is 44.5 Å². The normalized spacial score (nSPS) is 17.4. The smallest absolute Gasteiger partial charge is 0.261 e. The van der Waals surface area contributed by atoms with E-state index in [1.54, 1.807) is 13.2 Å². The molecule has 4 heterocycles. The molecule has 4 aromatic rings. The molecule has 6 nitrogen and oxygen atoms in total. The number of aromatic nitrogens is 2. The lowest BCUT2D eigenvalue weighted by Crippen LogP contribution is -2.38. The Bertz CT molecular complexity index is 1220. The van der Waals surface area contributed by atoms with Gasteiger partial charge in [-0.2, -0.15) is 0 Å². The van der Waals surface area contributed by atoms with E-state index < -0.39 is 0 Å². The van der Waals surface area contributed by atoms with Gasteiger partial charge in [0.25, 0.3) is 5.91 Å². The van der Waals surface area contributed by atoms with Gasteiger partial charge in [0.15, 0.2) is 0 Å². The Morgan fingerprint density at radius 1 is 1.23 bits per heavy atom. The number of pyridine rings is 2. The molecule has 30 heavy (non-hydrogen) atoms. The standard InChI is InChI=1S/C23H22N4O2S/c1-24-22(28)21-20(17-5-3-9-26-23(17)30-21)19-14-27(10-11-29-19)13-15-6-7-18-16(12-15)4-2-8-25-18/h2-9,12,19H,10-11,13-14H2,1H3,(H,24,28)/t19-/m0/s1. The molecule has 0 aliphatic carbocycles. The minimum Gasteiger partial charge on any atom is -0.371 e. The highest BCUT2D eigenvalue weighted by atomic mass is 32.1. The molecule has 1 aliphatic rings. The van der Waals surface area contributed by atoms with Gasteiger partial charge in [0.05, 0.1) is 18.2 Å². The molecule has 0 unspecified atom stereocenters. The van der Waals surface area contributed by atoms with Gasteiger partial charge >= 0.3 is 0 Å². The number of carbonyl (C=O) groups is 1. The molecule has 0 saturated carbocycles. The van der Waals surface area contributed by atoms with Crippen LogP contribution in [0.25, 0.3) is 21.1 Å². The molecule has 1 aliphatic heterocycles. The molecule has 0 radical (unpaired) electrons. The van der Waals surface area contributed by atoms with Crippen molar-refractivity contribution in [3.63, 3.8) is 0 Å². The fourth-order valence-corrected chi connectivity index (χ4v) is 5.20.